The van der Waals surface area contributed by atoms with Crippen LogP contribution >= 0.6 is 0 Å². The maximum atomic E-state index is 12.4. The van der Waals surface area contributed by atoms with Gasteiger partial charge in [0.2, 0.25) is 5.75 Å². The third kappa shape index (κ3) is 3.01. The smallest absolute Gasteiger partial charge is 0.476 e. The Kier molecular flexibility index (Phi) is 4.27. The van der Waals surface area contributed by atoms with E-state index in [2.05, 4.69) is 4.74 Å². The van der Waals surface area contributed by atoms with Gasteiger partial charge in [-0.05, 0) is 0 Å². The molecule has 1 aromatic rings. The molecule has 0 aliphatic rings. The lowest BCUT2D eigenvalue weighted by Crippen LogP contribution is -2.17. The highest BCUT2D eigenvalue weighted by molar-refractivity contribution is 7.86. The van der Waals surface area contributed by atoms with Crippen molar-refractivity contribution in [2.45, 2.75) is 10.4 Å². The number of methoxy groups -OCH3 is 1. The van der Waals surface area contributed by atoms with Gasteiger partial charge in [0, 0.05) is 6.07 Å². The van der Waals surface area contributed by atoms with E-state index in [4.69, 9.17) is 0 Å². The first-order chi connectivity index (χ1) is 9.09. The molecule has 12 heteroatoms. The van der Waals surface area contributed by atoms with Gasteiger partial charge in [-0.3, -0.25) is 20.2 Å². The number of nitro groups is 2. The minimum Gasteiger partial charge on any atom is -0.489 e. The van der Waals surface area contributed by atoms with Gasteiger partial charge in [-0.2, -0.15) is 13.2 Å². The predicted molar refractivity (Wildman–Crippen MR) is 58.8 cm³/mol. The molecule has 0 unspecified atom stereocenters. The van der Waals surface area contributed by atoms with Crippen molar-refractivity contribution in [1.29, 1.82) is 0 Å². The Morgan fingerprint density at radius 1 is 1.20 bits per heavy atom. The first-order valence-electron chi connectivity index (χ1n) is 4.59. The number of rotatable bonds is 4. The highest BCUT2D eigenvalue weighted by Gasteiger charge is 2.42. The van der Waals surface area contributed by atoms with Crippen LogP contribution in [0.25, 0.3) is 0 Å². The predicted octanol–water partition coefficient (Wildman–Crippen LogP) is 2.14. The maximum absolute atomic E-state index is 12.4. The molecule has 0 heterocycles. The summed E-state index contributed by atoms with van der Waals surface area (Å²) in [5.41, 5.74) is -7.31. The zero-order chi connectivity index (χ0) is 15.7. The third-order valence-corrected chi connectivity index (χ3v) is 3.16. The summed E-state index contributed by atoms with van der Waals surface area (Å²) in [7, 11) is -2.88. The molecule has 110 valence electrons. The largest absolute Gasteiger partial charge is 0.489 e. The van der Waals surface area contributed by atoms with E-state index in [0.717, 1.165) is 7.11 Å². The second-order valence-corrected chi connectivity index (χ2v) is 4.67. The Bertz CT molecular complexity index is 603. The first kappa shape index (κ1) is 15.8. The van der Waals surface area contributed by atoms with Crippen LogP contribution in [0.15, 0.2) is 17.0 Å². The van der Waals surface area contributed by atoms with Crippen molar-refractivity contribution in [3.8, 4) is 5.75 Å². The normalized spacial score (nSPS) is 12.8. The first-order valence-corrected chi connectivity index (χ1v) is 5.74. The summed E-state index contributed by atoms with van der Waals surface area (Å²) in [4.78, 5) is 17.8. The number of hydrogen-bond acceptors (Lipinski definition) is 6. The van der Waals surface area contributed by atoms with E-state index in [1.807, 2.05) is 0 Å². The van der Waals surface area contributed by atoms with Gasteiger partial charge in [-0.1, -0.05) is 0 Å². The molecule has 1 aromatic carbocycles. The number of nitro benzene ring substituents is 2. The Labute approximate surface area is 110 Å². The zero-order valence-electron chi connectivity index (χ0n) is 9.54. The molecule has 1 rings (SSSR count). The van der Waals surface area contributed by atoms with E-state index in [9.17, 15) is 37.6 Å². The number of hydrogen-bond donors (Lipinski definition) is 0. The lowest BCUT2D eigenvalue weighted by molar-refractivity contribution is -0.395. The van der Waals surface area contributed by atoms with Crippen LogP contribution in [0.4, 0.5) is 24.5 Å². The van der Waals surface area contributed by atoms with E-state index in [1.54, 1.807) is 0 Å². The molecule has 0 bridgehead atoms. The van der Waals surface area contributed by atoms with Gasteiger partial charge in [-0.15, -0.1) is 0 Å². The Morgan fingerprint density at radius 2 is 1.75 bits per heavy atom. The molecule has 0 fully saturated rings. The van der Waals surface area contributed by atoms with Gasteiger partial charge in [0.1, 0.15) is 4.90 Å². The minimum absolute atomic E-state index is 0.329. The fraction of sp³-hybridized carbons (Fsp3) is 0.250. The van der Waals surface area contributed by atoms with Gasteiger partial charge in [0.05, 0.1) is 23.0 Å². The summed E-state index contributed by atoms with van der Waals surface area (Å²) in [5.74, 6) is -0.934. The molecule has 0 amide bonds. The van der Waals surface area contributed by atoms with E-state index in [0.29, 0.717) is 12.1 Å². The number of non-ortho nitro benzene ring substituents is 1. The van der Waals surface area contributed by atoms with Crippen LogP contribution in [0.2, 0.25) is 0 Å². The van der Waals surface area contributed by atoms with Crippen LogP contribution in [-0.2, 0) is 10.8 Å². The summed E-state index contributed by atoms with van der Waals surface area (Å²) >= 11 is 0. The molecule has 0 radical (unpaired) electrons. The molecule has 0 aromatic heterocycles. The second kappa shape index (κ2) is 5.40. The standard InChI is InChI=1S/C8H5F3N2O6S/c1-19-7-5(13(16)17)2-4(12(14)15)3-6(7)20(18)8(9,10)11/h2-3H,1H3/t20-/m1/s1. The van der Waals surface area contributed by atoms with Crippen molar-refractivity contribution in [3.63, 3.8) is 0 Å². The van der Waals surface area contributed by atoms with Crippen molar-refractivity contribution in [2.24, 2.45) is 0 Å². The van der Waals surface area contributed by atoms with Gasteiger partial charge >= 0.3 is 11.2 Å². The highest BCUT2D eigenvalue weighted by Crippen LogP contribution is 2.40. The molecule has 0 aliphatic heterocycles. The van der Waals surface area contributed by atoms with Gasteiger partial charge in [0.25, 0.3) is 5.69 Å². The zero-order valence-corrected chi connectivity index (χ0v) is 10.4. The number of benzene rings is 1. The van der Waals surface area contributed by atoms with Crippen LogP contribution in [0.3, 0.4) is 0 Å². The monoisotopic (exact) mass is 314 g/mol. The lowest BCUT2D eigenvalue weighted by atomic mass is 10.2. The van der Waals surface area contributed by atoms with Gasteiger partial charge in [0.15, 0.2) is 10.8 Å². The fourth-order valence-electron chi connectivity index (χ4n) is 1.28. The van der Waals surface area contributed by atoms with Crippen LogP contribution in [0, 0.1) is 20.2 Å². The van der Waals surface area contributed by atoms with Crippen LogP contribution in [0.1, 0.15) is 0 Å². The van der Waals surface area contributed by atoms with Crippen LogP contribution in [0.5, 0.6) is 5.75 Å². The molecule has 20 heavy (non-hydrogen) atoms. The Hall–Kier alpha value is -2.24. The molecule has 0 saturated carbocycles. The number of nitrogens with zero attached hydrogens (tertiary/aromatic N) is 2. The topological polar surface area (TPSA) is 113 Å². The van der Waals surface area contributed by atoms with Crippen molar-refractivity contribution in [1.82, 2.24) is 0 Å². The number of alkyl halides is 3. The fourth-order valence-corrected chi connectivity index (χ4v) is 2.12. The quantitative estimate of drug-likeness (QED) is 0.621. The summed E-state index contributed by atoms with van der Waals surface area (Å²) in [6.45, 7) is 0. The Morgan fingerprint density at radius 3 is 2.10 bits per heavy atom. The summed E-state index contributed by atoms with van der Waals surface area (Å²) in [6.07, 6.45) is 0. The van der Waals surface area contributed by atoms with Crippen molar-refractivity contribution < 1.29 is 32.0 Å². The number of ether oxygens (including phenoxy) is 1. The van der Waals surface area contributed by atoms with E-state index in [1.165, 1.54) is 0 Å². The van der Waals surface area contributed by atoms with Crippen LogP contribution in [-0.4, -0.2) is 26.7 Å². The second-order valence-electron chi connectivity index (χ2n) is 3.22. The third-order valence-electron chi connectivity index (χ3n) is 2.04. The van der Waals surface area contributed by atoms with E-state index in [-0.39, 0.29) is 0 Å². The summed E-state index contributed by atoms with van der Waals surface area (Å²) < 4.78 is 53.0. The van der Waals surface area contributed by atoms with Gasteiger partial charge < -0.3 is 4.74 Å². The lowest BCUT2D eigenvalue weighted by Gasteiger charge is -2.10. The van der Waals surface area contributed by atoms with Crippen LogP contribution < -0.4 is 4.74 Å². The molecule has 8 nitrogen and oxygen atoms in total. The van der Waals surface area contributed by atoms with E-state index < -0.39 is 48.2 Å². The van der Waals surface area contributed by atoms with Crippen molar-refractivity contribution >= 4 is 22.2 Å². The van der Waals surface area contributed by atoms with E-state index >= 15 is 0 Å². The highest BCUT2D eigenvalue weighted by atomic mass is 32.2. The van der Waals surface area contributed by atoms with Gasteiger partial charge in [-0.25, -0.2) is 4.21 Å². The molecule has 1 atom stereocenters. The Balaban J connectivity index is 3.68. The molecular weight excluding hydrogens is 309 g/mol. The van der Waals surface area contributed by atoms with Crippen molar-refractivity contribution in [3.05, 3.63) is 32.4 Å². The molecule has 0 spiro atoms. The van der Waals surface area contributed by atoms with Crippen molar-refractivity contribution in [2.75, 3.05) is 7.11 Å². The molecule has 0 saturated heterocycles. The summed E-state index contributed by atoms with van der Waals surface area (Å²) in [5, 5.41) is 21.3. The average Bonchev–Trinajstić information content (AvgIpc) is 2.34. The maximum Gasteiger partial charge on any atom is 0.476 e. The number of halogens is 3. The SMILES string of the molecule is COc1c([N+](=O)[O-])cc([N+](=O)[O-])cc1[S@@](=O)C(F)(F)F. The molecular formula is C8H5F3N2O6S. The minimum atomic E-state index is -5.24. The summed E-state index contributed by atoms with van der Waals surface area (Å²) in [6, 6.07) is 0.755. The average molecular weight is 314 g/mol. The molecule has 0 aliphatic carbocycles. The molecule has 0 N–H and O–H groups in total.